The molecule has 2 N–H and O–H groups in total. The van der Waals surface area contributed by atoms with Gasteiger partial charge in [-0.25, -0.2) is 15.0 Å². The van der Waals surface area contributed by atoms with Crippen molar-refractivity contribution in [2.24, 2.45) is 5.92 Å². The standard InChI is InChI=1S/C27H31N5O3/c1-26(2,33)19-6-10-27(3,11-7-19)25-31-23-22(29-16-30-24(23)32-25)17-4-5-21(18(14-17)15-28)35-20-8-12-34-13-9-20/h4-6,10,14,16,19-20,33H,7-9,11-13H2,1-3H3,(H,29,30,31,32). The molecule has 182 valence electrons. The second-order valence-corrected chi connectivity index (χ2v) is 10.3. The van der Waals surface area contributed by atoms with Crippen LogP contribution in [0.2, 0.25) is 0 Å². The molecule has 0 amide bonds. The topological polar surface area (TPSA) is 117 Å². The number of nitriles is 1. The summed E-state index contributed by atoms with van der Waals surface area (Å²) in [6.45, 7) is 7.20. The van der Waals surface area contributed by atoms with Gasteiger partial charge in [-0.15, -0.1) is 0 Å². The summed E-state index contributed by atoms with van der Waals surface area (Å²) in [4.78, 5) is 17.2. The van der Waals surface area contributed by atoms with E-state index in [0.29, 0.717) is 41.4 Å². The van der Waals surface area contributed by atoms with Gasteiger partial charge in [-0.1, -0.05) is 12.2 Å². The Hall–Kier alpha value is -3.28. The highest BCUT2D eigenvalue weighted by atomic mass is 16.5. The van der Waals surface area contributed by atoms with Gasteiger partial charge in [0.25, 0.3) is 0 Å². The highest BCUT2D eigenvalue weighted by Crippen LogP contribution is 2.39. The lowest BCUT2D eigenvalue weighted by Gasteiger charge is -2.35. The van der Waals surface area contributed by atoms with Crippen LogP contribution in [0, 0.1) is 17.2 Å². The number of aromatic amines is 1. The molecule has 5 rings (SSSR count). The Labute approximate surface area is 205 Å². The van der Waals surface area contributed by atoms with Gasteiger partial charge in [0.2, 0.25) is 0 Å². The highest BCUT2D eigenvalue weighted by Gasteiger charge is 2.36. The number of rotatable bonds is 5. The van der Waals surface area contributed by atoms with Gasteiger partial charge >= 0.3 is 0 Å². The molecule has 1 aromatic carbocycles. The number of imidazole rings is 1. The first-order valence-electron chi connectivity index (χ1n) is 12.2. The zero-order valence-electron chi connectivity index (χ0n) is 20.4. The van der Waals surface area contributed by atoms with Gasteiger partial charge in [0.1, 0.15) is 41.3 Å². The van der Waals surface area contributed by atoms with Crippen molar-refractivity contribution in [1.82, 2.24) is 19.9 Å². The van der Waals surface area contributed by atoms with Crippen LogP contribution in [0.15, 0.2) is 36.7 Å². The molecule has 1 fully saturated rings. The zero-order chi connectivity index (χ0) is 24.6. The van der Waals surface area contributed by atoms with Crippen LogP contribution in [-0.4, -0.2) is 50.0 Å². The van der Waals surface area contributed by atoms with Crippen LogP contribution in [0.1, 0.15) is 57.8 Å². The maximum absolute atomic E-state index is 10.4. The van der Waals surface area contributed by atoms with E-state index >= 15 is 0 Å². The third kappa shape index (κ3) is 4.66. The number of aliphatic hydroxyl groups is 1. The number of hydrogen-bond donors (Lipinski definition) is 2. The fourth-order valence-corrected chi connectivity index (χ4v) is 4.90. The minimum atomic E-state index is -0.747. The molecule has 2 unspecified atom stereocenters. The molecule has 3 heterocycles. The van der Waals surface area contributed by atoms with E-state index in [1.165, 1.54) is 6.33 Å². The lowest BCUT2D eigenvalue weighted by molar-refractivity contribution is 0.0254. The molecule has 1 saturated heterocycles. The monoisotopic (exact) mass is 473 g/mol. The smallest absolute Gasteiger partial charge is 0.161 e. The van der Waals surface area contributed by atoms with Gasteiger partial charge in [0.15, 0.2) is 5.65 Å². The van der Waals surface area contributed by atoms with Crippen molar-refractivity contribution in [3.8, 4) is 23.1 Å². The quantitative estimate of drug-likeness (QED) is 0.526. The van der Waals surface area contributed by atoms with E-state index in [2.05, 4.69) is 40.1 Å². The van der Waals surface area contributed by atoms with Crippen LogP contribution in [0.25, 0.3) is 22.4 Å². The second-order valence-electron chi connectivity index (χ2n) is 10.3. The summed E-state index contributed by atoms with van der Waals surface area (Å²) >= 11 is 0. The van der Waals surface area contributed by atoms with Crippen LogP contribution in [0.5, 0.6) is 5.75 Å². The molecule has 8 nitrogen and oxygen atoms in total. The summed E-state index contributed by atoms with van der Waals surface area (Å²) in [6, 6.07) is 7.83. The first kappa shape index (κ1) is 23.5. The summed E-state index contributed by atoms with van der Waals surface area (Å²) < 4.78 is 11.5. The Morgan fingerprint density at radius 2 is 2.03 bits per heavy atom. The third-order valence-electron chi connectivity index (χ3n) is 7.24. The lowest BCUT2D eigenvalue weighted by Crippen LogP contribution is -2.35. The van der Waals surface area contributed by atoms with E-state index in [9.17, 15) is 10.4 Å². The number of aromatic nitrogens is 4. The number of ether oxygens (including phenoxy) is 2. The second kappa shape index (κ2) is 9.06. The van der Waals surface area contributed by atoms with Gasteiger partial charge in [0.05, 0.1) is 24.4 Å². The molecule has 35 heavy (non-hydrogen) atoms. The average Bonchev–Trinajstić information content (AvgIpc) is 3.30. The average molecular weight is 474 g/mol. The van der Waals surface area contributed by atoms with Crippen molar-refractivity contribution in [3.05, 3.63) is 48.1 Å². The fourth-order valence-electron chi connectivity index (χ4n) is 4.90. The molecule has 0 saturated carbocycles. The SMILES string of the molecule is CC1(c2nc3c(-c4ccc(OC5CCOCC5)c(C#N)c4)ncnc3[nH]2)C=CC(C(C)(C)O)CC1. The number of nitrogens with zero attached hydrogens (tertiary/aromatic N) is 4. The normalized spacial score (nSPS) is 23.3. The lowest BCUT2D eigenvalue weighted by atomic mass is 9.72. The summed E-state index contributed by atoms with van der Waals surface area (Å²) in [5.41, 5.74) is 2.22. The van der Waals surface area contributed by atoms with Crippen LogP contribution in [-0.2, 0) is 10.2 Å². The fraction of sp³-hybridized carbons (Fsp3) is 0.481. The zero-order valence-corrected chi connectivity index (χ0v) is 20.4. The maximum Gasteiger partial charge on any atom is 0.161 e. The molecule has 2 atom stereocenters. The molecule has 0 radical (unpaired) electrons. The Morgan fingerprint density at radius 1 is 1.23 bits per heavy atom. The Morgan fingerprint density at radius 3 is 2.71 bits per heavy atom. The van der Waals surface area contributed by atoms with E-state index in [-0.39, 0.29) is 17.4 Å². The third-order valence-corrected chi connectivity index (χ3v) is 7.24. The van der Waals surface area contributed by atoms with Crippen LogP contribution in [0.4, 0.5) is 0 Å². The summed E-state index contributed by atoms with van der Waals surface area (Å²) in [6.07, 6.45) is 9.17. The largest absolute Gasteiger partial charge is 0.489 e. The van der Waals surface area contributed by atoms with Gasteiger partial charge in [-0.2, -0.15) is 5.26 Å². The molecule has 2 aromatic heterocycles. The molecule has 8 heteroatoms. The van der Waals surface area contributed by atoms with Gasteiger partial charge in [0, 0.05) is 29.7 Å². The van der Waals surface area contributed by atoms with Gasteiger partial charge < -0.3 is 19.6 Å². The first-order chi connectivity index (χ1) is 16.8. The Balaban J connectivity index is 1.46. The Bertz CT molecular complexity index is 1300. The minimum Gasteiger partial charge on any atom is -0.489 e. The van der Waals surface area contributed by atoms with E-state index in [1.54, 1.807) is 6.07 Å². The van der Waals surface area contributed by atoms with Crippen molar-refractivity contribution in [2.75, 3.05) is 13.2 Å². The molecule has 3 aromatic rings. The summed E-state index contributed by atoms with van der Waals surface area (Å²) in [7, 11) is 0. The number of H-pyrrole nitrogens is 1. The van der Waals surface area contributed by atoms with Crippen molar-refractivity contribution in [3.63, 3.8) is 0 Å². The van der Waals surface area contributed by atoms with Crippen molar-refractivity contribution < 1.29 is 14.6 Å². The molecule has 0 bridgehead atoms. The van der Waals surface area contributed by atoms with Crippen LogP contribution >= 0.6 is 0 Å². The predicted molar refractivity (Wildman–Crippen MR) is 132 cm³/mol. The molecular weight excluding hydrogens is 442 g/mol. The van der Waals surface area contributed by atoms with E-state index in [4.69, 9.17) is 14.5 Å². The van der Waals surface area contributed by atoms with Crippen molar-refractivity contribution >= 4 is 11.2 Å². The van der Waals surface area contributed by atoms with E-state index in [1.807, 2.05) is 26.0 Å². The summed E-state index contributed by atoms with van der Waals surface area (Å²) in [5.74, 6) is 1.51. The number of hydrogen-bond acceptors (Lipinski definition) is 7. The van der Waals surface area contributed by atoms with E-state index in [0.717, 1.165) is 37.1 Å². The summed E-state index contributed by atoms with van der Waals surface area (Å²) in [5, 5.41) is 20.2. The first-order valence-corrected chi connectivity index (χ1v) is 12.2. The number of fused-ring (bicyclic) bond motifs is 1. The number of nitrogens with one attached hydrogen (secondary N) is 1. The number of allylic oxidation sites excluding steroid dienone is 1. The van der Waals surface area contributed by atoms with Crippen LogP contribution in [0.3, 0.4) is 0 Å². The molecule has 1 aliphatic carbocycles. The van der Waals surface area contributed by atoms with Crippen LogP contribution < -0.4 is 4.74 Å². The maximum atomic E-state index is 10.4. The Kier molecular flexibility index (Phi) is 6.07. The predicted octanol–water partition coefficient (Wildman–Crippen LogP) is 4.44. The minimum absolute atomic E-state index is 0.0571. The van der Waals surface area contributed by atoms with E-state index < -0.39 is 5.60 Å². The molecule has 2 aliphatic rings. The molecule has 0 spiro atoms. The number of benzene rings is 1. The molecule has 1 aliphatic heterocycles. The van der Waals surface area contributed by atoms with Gasteiger partial charge in [-0.3, -0.25) is 0 Å². The highest BCUT2D eigenvalue weighted by molar-refractivity contribution is 5.87. The van der Waals surface area contributed by atoms with Gasteiger partial charge in [-0.05, 0) is 51.8 Å². The van der Waals surface area contributed by atoms with Crippen molar-refractivity contribution in [2.45, 2.75) is 63.6 Å². The molecular formula is C27H31N5O3. The van der Waals surface area contributed by atoms with Crippen molar-refractivity contribution in [1.29, 1.82) is 5.26 Å².